The number of nitrogens with one attached hydrogen (secondary N) is 2. The first-order valence-corrected chi connectivity index (χ1v) is 12.4. The zero-order chi connectivity index (χ0) is 27.1. The monoisotopic (exact) mass is 525 g/mol. The lowest BCUT2D eigenvalue weighted by molar-refractivity contribution is -0.115. The van der Waals surface area contributed by atoms with Crippen molar-refractivity contribution in [2.24, 2.45) is 5.73 Å². The van der Waals surface area contributed by atoms with E-state index in [1.54, 1.807) is 54.6 Å². The summed E-state index contributed by atoms with van der Waals surface area (Å²) in [4.78, 5) is 50.2. The molecule has 4 rings (SSSR count). The van der Waals surface area contributed by atoms with Crippen molar-refractivity contribution >= 4 is 46.8 Å². The van der Waals surface area contributed by atoms with Crippen LogP contribution >= 0.6 is 11.8 Å². The first-order chi connectivity index (χ1) is 18.3. The summed E-state index contributed by atoms with van der Waals surface area (Å²) in [6, 6.07) is 28.5. The number of carbonyl (C=O) groups is 4. The van der Waals surface area contributed by atoms with Crippen molar-refractivity contribution in [3.05, 3.63) is 125 Å². The van der Waals surface area contributed by atoms with E-state index in [9.17, 15) is 24.3 Å². The number of para-hydroxylation sites is 1. The van der Waals surface area contributed by atoms with Crippen LogP contribution in [0.3, 0.4) is 0 Å². The van der Waals surface area contributed by atoms with Gasteiger partial charge in [0.1, 0.15) is 5.25 Å². The van der Waals surface area contributed by atoms with E-state index in [0.29, 0.717) is 16.3 Å². The normalized spacial score (nSPS) is 11.3. The lowest BCUT2D eigenvalue weighted by Gasteiger charge is -2.18. The van der Waals surface area contributed by atoms with Gasteiger partial charge in [-0.3, -0.25) is 14.4 Å². The highest BCUT2D eigenvalue weighted by Crippen LogP contribution is 2.37. The molecule has 0 heterocycles. The second kappa shape index (κ2) is 11.9. The average molecular weight is 526 g/mol. The fraction of sp³-hybridized carbons (Fsp3) is 0.0345. The Bertz CT molecular complexity index is 1510. The Morgan fingerprint density at radius 3 is 2.03 bits per heavy atom. The van der Waals surface area contributed by atoms with Crippen LogP contribution in [0.15, 0.2) is 108 Å². The van der Waals surface area contributed by atoms with Gasteiger partial charge in [-0.25, -0.2) is 4.79 Å². The SMILES string of the molecule is NC(=O)c1ccccc1NC(=O)C(Sc1cccc(NC(=O)c2ccccc2C(=O)O)c1)c1ccccc1. The number of carboxylic acid groups (broad SMARTS) is 1. The van der Waals surface area contributed by atoms with Crippen LogP contribution in [0.5, 0.6) is 0 Å². The van der Waals surface area contributed by atoms with Crippen molar-refractivity contribution in [2.45, 2.75) is 10.1 Å². The molecule has 3 amide bonds. The maximum Gasteiger partial charge on any atom is 0.336 e. The minimum Gasteiger partial charge on any atom is -0.478 e. The molecule has 9 heteroatoms. The van der Waals surface area contributed by atoms with Crippen molar-refractivity contribution in [2.75, 3.05) is 10.6 Å². The van der Waals surface area contributed by atoms with Gasteiger partial charge in [0.05, 0.1) is 22.4 Å². The lowest BCUT2D eigenvalue weighted by atomic mass is 10.1. The Balaban J connectivity index is 1.58. The molecule has 0 aromatic heterocycles. The molecule has 1 atom stereocenters. The van der Waals surface area contributed by atoms with E-state index >= 15 is 0 Å². The summed E-state index contributed by atoms with van der Waals surface area (Å²) in [5, 5.41) is 14.2. The van der Waals surface area contributed by atoms with E-state index in [1.807, 2.05) is 30.3 Å². The van der Waals surface area contributed by atoms with Crippen LogP contribution in [0.25, 0.3) is 0 Å². The van der Waals surface area contributed by atoms with Gasteiger partial charge in [-0.15, -0.1) is 11.8 Å². The van der Waals surface area contributed by atoms with Gasteiger partial charge in [-0.1, -0.05) is 60.7 Å². The molecule has 0 spiro atoms. The third kappa shape index (κ3) is 6.26. The van der Waals surface area contributed by atoms with Gasteiger partial charge in [0, 0.05) is 10.6 Å². The minimum absolute atomic E-state index is 0.0349. The number of amides is 3. The smallest absolute Gasteiger partial charge is 0.336 e. The Hall–Kier alpha value is -4.89. The zero-order valence-corrected chi connectivity index (χ0v) is 20.8. The number of carbonyl (C=O) groups excluding carboxylic acids is 3. The summed E-state index contributed by atoms with van der Waals surface area (Å²) in [5.41, 5.74) is 7.07. The predicted octanol–water partition coefficient (Wildman–Crippen LogP) is 5.21. The van der Waals surface area contributed by atoms with Gasteiger partial charge in [0.15, 0.2) is 0 Å². The molecule has 0 bridgehead atoms. The van der Waals surface area contributed by atoms with Crippen molar-refractivity contribution in [3.63, 3.8) is 0 Å². The second-order valence-corrected chi connectivity index (χ2v) is 9.32. The molecule has 4 aromatic rings. The Morgan fingerprint density at radius 2 is 1.34 bits per heavy atom. The maximum absolute atomic E-state index is 13.4. The van der Waals surface area contributed by atoms with E-state index < -0.39 is 23.0 Å². The quantitative estimate of drug-likeness (QED) is 0.221. The predicted molar refractivity (Wildman–Crippen MR) is 146 cm³/mol. The standard InChI is InChI=1S/C29H23N3O5S/c30-26(33)23-15-6-7-16-24(23)32-28(35)25(18-9-2-1-3-10-18)38-20-12-8-11-19(17-20)31-27(34)21-13-4-5-14-22(21)29(36)37/h1-17,25H,(H2,30,33)(H,31,34)(H,32,35)(H,36,37). The molecule has 0 aliphatic rings. The van der Waals surface area contributed by atoms with Gasteiger partial charge in [0.25, 0.3) is 11.8 Å². The summed E-state index contributed by atoms with van der Waals surface area (Å²) < 4.78 is 0. The van der Waals surface area contributed by atoms with Crippen molar-refractivity contribution in [3.8, 4) is 0 Å². The van der Waals surface area contributed by atoms with Crippen molar-refractivity contribution in [1.29, 1.82) is 0 Å². The topological polar surface area (TPSA) is 139 Å². The van der Waals surface area contributed by atoms with Gasteiger partial charge in [0.2, 0.25) is 5.91 Å². The first-order valence-electron chi connectivity index (χ1n) is 11.5. The van der Waals surface area contributed by atoms with E-state index in [0.717, 1.165) is 5.56 Å². The lowest BCUT2D eigenvalue weighted by Crippen LogP contribution is -2.22. The number of hydrogen-bond acceptors (Lipinski definition) is 5. The van der Waals surface area contributed by atoms with Crippen LogP contribution in [0.1, 0.15) is 41.9 Å². The highest BCUT2D eigenvalue weighted by atomic mass is 32.2. The Morgan fingerprint density at radius 1 is 0.711 bits per heavy atom. The van der Waals surface area contributed by atoms with Crippen LogP contribution in [0.4, 0.5) is 11.4 Å². The molecule has 5 N–H and O–H groups in total. The van der Waals surface area contributed by atoms with Gasteiger partial charge < -0.3 is 21.5 Å². The number of carboxylic acids is 1. The second-order valence-electron chi connectivity index (χ2n) is 8.14. The molecule has 4 aromatic carbocycles. The zero-order valence-electron chi connectivity index (χ0n) is 20.0. The van der Waals surface area contributed by atoms with Gasteiger partial charge in [-0.05, 0) is 48.0 Å². The third-order valence-corrected chi connectivity index (χ3v) is 6.79. The summed E-state index contributed by atoms with van der Waals surface area (Å²) >= 11 is 1.25. The summed E-state index contributed by atoms with van der Waals surface area (Å²) in [5.74, 6) is -2.78. The molecule has 0 radical (unpaired) electrons. The number of thioether (sulfide) groups is 1. The van der Waals surface area contributed by atoms with E-state index in [1.165, 1.54) is 30.0 Å². The Kier molecular flexibility index (Phi) is 8.20. The molecule has 0 saturated carbocycles. The van der Waals surface area contributed by atoms with Gasteiger partial charge >= 0.3 is 5.97 Å². The molecular weight excluding hydrogens is 502 g/mol. The van der Waals surface area contributed by atoms with Gasteiger partial charge in [-0.2, -0.15) is 0 Å². The summed E-state index contributed by atoms with van der Waals surface area (Å²) in [6.45, 7) is 0. The minimum atomic E-state index is -1.20. The van der Waals surface area contributed by atoms with Crippen LogP contribution < -0.4 is 16.4 Å². The van der Waals surface area contributed by atoms with Crippen LogP contribution in [0, 0.1) is 0 Å². The number of anilines is 2. The van der Waals surface area contributed by atoms with Crippen LogP contribution in [-0.4, -0.2) is 28.8 Å². The largest absolute Gasteiger partial charge is 0.478 e. The third-order valence-electron chi connectivity index (χ3n) is 5.54. The fourth-order valence-corrected chi connectivity index (χ4v) is 4.84. The van der Waals surface area contributed by atoms with Crippen molar-refractivity contribution in [1.82, 2.24) is 0 Å². The average Bonchev–Trinajstić information content (AvgIpc) is 2.92. The molecule has 0 aliphatic carbocycles. The number of aromatic carboxylic acids is 1. The van der Waals surface area contributed by atoms with E-state index in [4.69, 9.17) is 5.73 Å². The maximum atomic E-state index is 13.4. The summed E-state index contributed by atoms with van der Waals surface area (Å²) in [6.07, 6.45) is 0. The molecule has 38 heavy (non-hydrogen) atoms. The molecule has 8 nitrogen and oxygen atoms in total. The number of hydrogen-bond donors (Lipinski definition) is 4. The highest BCUT2D eigenvalue weighted by Gasteiger charge is 2.24. The highest BCUT2D eigenvalue weighted by molar-refractivity contribution is 8.00. The molecule has 0 aliphatic heterocycles. The molecule has 0 saturated heterocycles. The summed E-state index contributed by atoms with van der Waals surface area (Å²) in [7, 11) is 0. The van der Waals surface area contributed by atoms with Crippen LogP contribution in [0.2, 0.25) is 0 Å². The number of rotatable bonds is 9. The Labute approximate surface area is 222 Å². The fourth-order valence-electron chi connectivity index (χ4n) is 3.76. The van der Waals surface area contributed by atoms with Crippen molar-refractivity contribution < 1.29 is 24.3 Å². The molecule has 190 valence electrons. The first kappa shape index (κ1) is 26.2. The number of nitrogens with two attached hydrogens (primary N) is 1. The molecule has 0 fully saturated rings. The molecular formula is C29H23N3O5S. The number of primary amides is 1. The van der Waals surface area contributed by atoms with E-state index in [2.05, 4.69) is 10.6 Å². The number of benzene rings is 4. The molecule has 1 unspecified atom stereocenters. The van der Waals surface area contributed by atoms with Crippen LogP contribution in [-0.2, 0) is 4.79 Å². The van der Waals surface area contributed by atoms with E-state index in [-0.39, 0.29) is 22.6 Å².